The van der Waals surface area contributed by atoms with E-state index in [1.165, 1.54) is 0 Å². The first-order chi connectivity index (χ1) is 9.47. The first-order valence-electron chi connectivity index (χ1n) is 7.09. The Morgan fingerprint density at radius 2 is 1.95 bits per heavy atom. The largest absolute Gasteiger partial charge is 0.493 e. The maximum Gasteiger partial charge on any atom is 0.251 e. The van der Waals surface area contributed by atoms with Crippen molar-refractivity contribution in [2.75, 3.05) is 13.7 Å². The maximum atomic E-state index is 12.1. The van der Waals surface area contributed by atoms with Gasteiger partial charge in [-0.1, -0.05) is 20.8 Å². The van der Waals surface area contributed by atoms with Crippen LogP contribution < -0.4 is 14.8 Å². The van der Waals surface area contributed by atoms with Gasteiger partial charge in [0, 0.05) is 11.6 Å². The molecule has 1 amide bonds. The number of carbonyl (C=O) groups is 1. The second kappa shape index (κ2) is 7.78. The summed E-state index contributed by atoms with van der Waals surface area (Å²) in [6.45, 7) is 8.80. The molecule has 0 radical (unpaired) electrons. The van der Waals surface area contributed by atoms with Gasteiger partial charge in [0.2, 0.25) is 0 Å². The van der Waals surface area contributed by atoms with Crippen LogP contribution in [0.15, 0.2) is 18.2 Å². The van der Waals surface area contributed by atoms with Gasteiger partial charge in [-0.3, -0.25) is 4.79 Å². The standard InChI is InChI=1S/C16H25NO3/c1-6-12(4)17-16(18)13-7-8-14(15(9-13)19-5)20-10-11(2)3/h7-9,11-12H,6,10H2,1-5H3,(H,17,18). The smallest absolute Gasteiger partial charge is 0.251 e. The van der Waals surface area contributed by atoms with Crippen LogP contribution in [0, 0.1) is 5.92 Å². The lowest BCUT2D eigenvalue weighted by Gasteiger charge is -2.15. The van der Waals surface area contributed by atoms with E-state index in [1.54, 1.807) is 25.3 Å². The van der Waals surface area contributed by atoms with Crippen LogP contribution in [-0.4, -0.2) is 25.7 Å². The molecule has 0 aliphatic rings. The van der Waals surface area contributed by atoms with Gasteiger partial charge in [-0.05, 0) is 37.5 Å². The fourth-order valence-corrected chi connectivity index (χ4v) is 1.59. The highest BCUT2D eigenvalue weighted by Crippen LogP contribution is 2.28. The van der Waals surface area contributed by atoms with E-state index in [0.717, 1.165) is 6.42 Å². The van der Waals surface area contributed by atoms with Crippen LogP contribution in [-0.2, 0) is 0 Å². The first kappa shape index (κ1) is 16.3. The van der Waals surface area contributed by atoms with Crippen molar-refractivity contribution in [3.63, 3.8) is 0 Å². The minimum atomic E-state index is -0.0898. The van der Waals surface area contributed by atoms with Crippen molar-refractivity contribution in [1.82, 2.24) is 5.32 Å². The van der Waals surface area contributed by atoms with E-state index >= 15 is 0 Å². The van der Waals surface area contributed by atoms with Gasteiger partial charge >= 0.3 is 0 Å². The third-order valence-corrected chi connectivity index (χ3v) is 2.99. The molecule has 1 aromatic rings. The molecular formula is C16H25NO3. The molecule has 1 aromatic carbocycles. The normalized spacial score (nSPS) is 12.1. The highest BCUT2D eigenvalue weighted by atomic mass is 16.5. The maximum absolute atomic E-state index is 12.1. The van der Waals surface area contributed by atoms with Gasteiger partial charge in [-0.15, -0.1) is 0 Å². The van der Waals surface area contributed by atoms with Crippen molar-refractivity contribution < 1.29 is 14.3 Å². The van der Waals surface area contributed by atoms with Crippen molar-refractivity contribution in [2.45, 2.75) is 40.2 Å². The summed E-state index contributed by atoms with van der Waals surface area (Å²) in [5.41, 5.74) is 0.582. The molecule has 1 unspecified atom stereocenters. The van der Waals surface area contributed by atoms with Crippen LogP contribution in [0.4, 0.5) is 0 Å². The summed E-state index contributed by atoms with van der Waals surface area (Å²) >= 11 is 0. The predicted molar refractivity (Wildman–Crippen MR) is 80.5 cm³/mol. The van der Waals surface area contributed by atoms with Gasteiger partial charge in [0.05, 0.1) is 13.7 Å². The fourth-order valence-electron chi connectivity index (χ4n) is 1.59. The number of rotatable bonds is 7. The molecule has 1 rings (SSSR count). The van der Waals surface area contributed by atoms with E-state index in [9.17, 15) is 4.79 Å². The lowest BCUT2D eigenvalue weighted by molar-refractivity contribution is 0.0939. The van der Waals surface area contributed by atoms with Gasteiger partial charge in [0.15, 0.2) is 11.5 Å². The molecule has 0 spiro atoms. The van der Waals surface area contributed by atoms with Crippen molar-refractivity contribution in [3.05, 3.63) is 23.8 Å². The van der Waals surface area contributed by atoms with Crippen molar-refractivity contribution >= 4 is 5.91 Å². The molecule has 0 bridgehead atoms. The summed E-state index contributed by atoms with van der Waals surface area (Å²) in [5, 5.41) is 2.93. The average molecular weight is 279 g/mol. The van der Waals surface area contributed by atoms with Gasteiger partial charge < -0.3 is 14.8 Å². The van der Waals surface area contributed by atoms with Crippen LogP contribution in [0.1, 0.15) is 44.5 Å². The molecule has 4 heteroatoms. The Balaban J connectivity index is 2.83. The minimum Gasteiger partial charge on any atom is -0.493 e. The van der Waals surface area contributed by atoms with Crippen LogP contribution >= 0.6 is 0 Å². The molecule has 0 aliphatic carbocycles. The summed E-state index contributed by atoms with van der Waals surface area (Å²) in [4.78, 5) is 12.1. The summed E-state index contributed by atoms with van der Waals surface area (Å²) in [6, 6.07) is 5.42. The number of methoxy groups -OCH3 is 1. The number of nitrogens with one attached hydrogen (secondary N) is 1. The number of amides is 1. The Morgan fingerprint density at radius 1 is 1.25 bits per heavy atom. The van der Waals surface area contributed by atoms with Crippen LogP contribution in [0.25, 0.3) is 0 Å². The van der Waals surface area contributed by atoms with E-state index in [0.29, 0.717) is 29.6 Å². The Kier molecular flexibility index (Phi) is 6.36. The van der Waals surface area contributed by atoms with E-state index in [2.05, 4.69) is 19.2 Å². The molecule has 1 N–H and O–H groups in total. The van der Waals surface area contributed by atoms with Crippen molar-refractivity contribution in [2.24, 2.45) is 5.92 Å². The molecular weight excluding hydrogens is 254 g/mol. The van der Waals surface area contributed by atoms with Gasteiger partial charge in [0.25, 0.3) is 5.91 Å². The summed E-state index contributed by atoms with van der Waals surface area (Å²) < 4.78 is 11.0. The van der Waals surface area contributed by atoms with Gasteiger partial charge in [-0.2, -0.15) is 0 Å². The number of ether oxygens (including phenoxy) is 2. The molecule has 112 valence electrons. The number of hydrogen-bond acceptors (Lipinski definition) is 3. The fraction of sp³-hybridized carbons (Fsp3) is 0.562. The lowest BCUT2D eigenvalue weighted by Crippen LogP contribution is -2.31. The van der Waals surface area contributed by atoms with Gasteiger partial charge in [-0.25, -0.2) is 0 Å². The highest BCUT2D eigenvalue weighted by molar-refractivity contribution is 5.95. The Morgan fingerprint density at radius 3 is 2.50 bits per heavy atom. The Bertz CT molecular complexity index is 443. The lowest BCUT2D eigenvalue weighted by atomic mass is 10.1. The van der Waals surface area contributed by atoms with Gasteiger partial charge in [0.1, 0.15) is 0 Å². The quantitative estimate of drug-likeness (QED) is 0.833. The number of carbonyl (C=O) groups excluding carboxylic acids is 1. The van der Waals surface area contributed by atoms with E-state index in [-0.39, 0.29) is 11.9 Å². The zero-order valence-corrected chi connectivity index (χ0v) is 13.0. The third-order valence-electron chi connectivity index (χ3n) is 2.99. The molecule has 4 nitrogen and oxygen atoms in total. The Hall–Kier alpha value is -1.71. The number of hydrogen-bond donors (Lipinski definition) is 1. The minimum absolute atomic E-state index is 0.0898. The van der Waals surface area contributed by atoms with Crippen LogP contribution in [0.2, 0.25) is 0 Å². The second-order valence-electron chi connectivity index (χ2n) is 5.35. The Labute approximate surface area is 121 Å². The second-order valence-corrected chi connectivity index (χ2v) is 5.35. The monoisotopic (exact) mass is 279 g/mol. The van der Waals surface area contributed by atoms with E-state index in [1.807, 2.05) is 13.8 Å². The highest BCUT2D eigenvalue weighted by Gasteiger charge is 2.13. The SMILES string of the molecule is CCC(C)NC(=O)c1ccc(OCC(C)C)c(OC)c1. The van der Waals surface area contributed by atoms with Crippen LogP contribution in [0.3, 0.4) is 0 Å². The van der Waals surface area contributed by atoms with E-state index in [4.69, 9.17) is 9.47 Å². The zero-order valence-electron chi connectivity index (χ0n) is 13.0. The molecule has 0 saturated heterocycles. The average Bonchev–Trinajstić information content (AvgIpc) is 2.44. The zero-order chi connectivity index (χ0) is 15.1. The summed E-state index contributed by atoms with van der Waals surface area (Å²) in [6.07, 6.45) is 0.901. The molecule has 0 fully saturated rings. The molecule has 0 saturated carbocycles. The molecule has 20 heavy (non-hydrogen) atoms. The van der Waals surface area contributed by atoms with Crippen molar-refractivity contribution in [1.29, 1.82) is 0 Å². The molecule has 0 aliphatic heterocycles. The van der Waals surface area contributed by atoms with E-state index < -0.39 is 0 Å². The number of benzene rings is 1. The predicted octanol–water partition coefficient (Wildman–Crippen LogP) is 3.26. The third kappa shape index (κ3) is 4.76. The first-order valence-corrected chi connectivity index (χ1v) is 7.09. The summed E-state index contributed by atoms with van der Waals surface area (Å²) in [7, 11) is 1.58. The van der Waals surface area contributed by atoms with Crippen LogP contribution in [0.5, 0.6) is 11.5 Å². The molecule has 0 heterocycles. The van der Waals surface area contributed by atoms with Crippen molar-refractivity contribution in [3.8, 4) is 11.5 Å². The molecule has 1 atom stereocenters. The molecule has 0 aromatic heterocycles. The topological polar surface area (TPSA) is 47.6 Å². The summed E-state index contributed by atoms with van der Waals surface area (Å²) in [5.74, 6) is 1.60.